The molecule has 1 aromatic rings. The number of nitrogens with one attached hydrogen (secondary N) is 1. The average molecular weight is 492 g/mol. The van der Waals surface area contributed by atoms with Crippen molar-refractivity contribution in [3.8, 4) is 0 Å². The lowest BCUT2D eigenvalue weighted by molar-refractivity contribution is -0.141. The zero-order valence-corrected chi connectivity index (χ0v) is 18.3. The smallest absolute Gasteiger partial charge is 0.327 e. The maximum atomic E-state index is 11.3. The molecule has 0 aliphatic carbocycles. The highest BCUT2D eigenvalue weighted by Gasteiger charge is 2.38. The minimum atomic E-state index is -0.349. The number of halogens is 1. The van der Waals surface area contributed by atoms with E-state index in [0.29, 0.717) is 6.54 Å². The number of esters is 1. The summed E-state index contributed by atoms with van der Waals surface area (Å²) in [7, 11) is 3.16. The van der Waals surface area contributed by atoms with Gasteiger partial charge in [0.15, 0.2) is 5.96 Å². The zero-order valence-electron chi connectivity index (χ0n) is 16.0. The van der Waals surface area contributed by atoms with Crippen LogP contribution in [0.2, 0.25) is 0 Å². The van der Waals surface area contributed by atoms with E-state index in [9.17, 15) is 4.79 Å². The van der Waals surface area contributed by atoms with Gasteiger partial charge in [0.1, 0.15) is 12.2 Å². The van der Waals surface area contributed by atoms with E-state index in [-0.39, 0.29) is 41.9 Å². The molecule has 1 spiro atoms. The molecule has 0 aromatic carbocycles. The summed E-state index contributed by atoms with van der Waals surface area (Å²) >= 11 is 0. The lowest BCUT2D eigenvalue weighted by Gasteiger charge is -2.45. The number of hydrogen-bond acceptors (Lipinski definition) is 6. The highest BCUT2D eigenvalue weighted by molar-refractivity contribution is 14.0. The number of nitrogens with zero attached hydrogens (tertiary/aromatic N) is 5. The van der Waals surface area contributed by atoms with Gasteiger partial charge in [-0.1, -0.05) is 5.21 Å². The lowest BCUT2D eigenvalue weighted by atomic mass is 9.76. The first-order valence-corrected chi connectivity index (χ1v) is 9.13. The van der Waals surface area contributed by atoms with E-state index in [1.165, 1.54) is 24.6 Å². The summed E-state index contributed by atoms with van der Waals surface area (Å²) in [5.74, 6) is 0.524. The number of methoxy groups -OCH3 is 1. The predicted molar refractivity (Wildman–Crippen MR) is 111 cm³/mol. The van der Waals surface area contributed by atoms with E-state index in [1.54, 1.807) is 13.2 Å². The van der Waals surface area contributed by atoms with Crippen molar-refractivity contribution >= 4 is 35.9 Å². The standard InChI is InChI=1S/C17H28N6O3.HI/c1-18-16(19-9-14-10-23(21-20-14)11-15(24)25-2)22-7-3-5-17(12-22)6-4-8-26-13-17;/h10H,3-9,11-13H2,1-2H3,(H,18,19);1H. The second kappa shape index (κ2) is 10.2. The summed E-state index contributed by atoms with van der Waals surface area (Å²) in [5.41, 5.74) is 1.01. The predicted octanol–water partition coefficient (Wildman–Crippen LogP) is 1.04. The van der Waals surface area contributed by atoms with E-state index in [0.717, 1.165) is 50.8 Å². The highest BCUT2D eigenvalue weighted by atomic mass is 127. The van der Waals surface area contributed by atoms with E-state index in [2.05, 4.69) is 30.3 Å². The van der Waals surface area contributed by atoms with E-state index < -0.39 is 0 Å². The Morgan fingerprint density at radius 1 is 1.44 bits per heavy atom. The number of guanidine groups is 1. The van der Waals surface area contributed by atoms with Crippen LogP contribution in [0, 0.1) is 5.41 Å². The number of piperidine rings is 1. The van der Waals surface area contributed by atoms with Crippen LogP contribution in [-0.4, -0.2) is 72.3 Å². The maximum Gasteiger partial charge on any atom is 0.327 e. The summed E-state index contributed by atoms with van der Waals surface area (Å²) in [4.78, 5) is 18.0. The van der Waals surface area contributed by atoms with Crippen LogP contribution in [-0.2, 0) is 27.4 Å². The number of aromatic nitrogens is 3. The van der Waals surface area contributed by atoms with Crippen LogP contribution in [0.1, 0.15) is 31.4 Å². The van der Waals surface area contributed by atoms with Gasteiger partial charge in [-0.15, -0.1) is 29.1 Å². The number of carbonyl (C=O) groups excluding carboxylic acids is 1. The summed E-state index contributed by atoms with van der Waals surface area (Å²) in [6.07, 6.45) is 6.48. The van der Waals surface area contributed by atoms with Crippen LogP contribution in [0.15, 0.2) is 11.2 Å². The van der Waals surface area contributed by atoms with Crippen molar-refractivity contribution in [1.82, 2.24) is 25.2 Å². The SMILES string of the molecule is CN=C(NCc1cn(CC(=O)OC)nn1)N1CCCC2(CCCOC2)C1.I. The van der Waals surface area contributed by atoms with Gasteiger partial charge in [-0.2, -0.15) is 0 Å². The first-order chi connectivity index (χ1) is 12.6. The number of carbonyl (C=O) groups is 1. The Morgan fingerprint density at radius 3 is 2.96 bits per heavy atom. The average Bonchev–Trinajstić information content (AvgIpc) is 3.10. The number of aliphatic imine (C=N–C) groups is 1. The van der Waals surface area contributed by atoms with Crippen molar-refractivity contribution in [2.24, 2.45) is 10.4 Å². The molecule has 2 aliphatic rings. The van der Waals surface area contributed by atoms with Crippen LogP contribution < -0.4 is 5.32 Å². The summed E-state index contributed by atoms with van der Waals surface area (Å²) in [5, 5.41) is 11.4. The third-order valence-electron chi connectivity index (χ3n) is 5.11. The van der Waals surface area contributed by atoms with Crippen LogP contribution in [0.3, 0.4) is 0 Å². The minimum Gasteiger partial charge on any atom is -0.468 e. The molecule has 2 fully saturated rings. The Kier molecular flexibility index (Phi) is 8.27. The zero-order chi connectivity index (χ0) is 18.4. The van der Waals surface area contributed by atoms with Gasteiger partial charge in [0.2, 0.25) is 0 Å². The summed E-state index contributed by atoms with van der Waals surface area (Å²) in [6, 6.07) is 0. The molecule has 27 heavy (non-hydrogen) atoms. The third kappa shape index (κ3) is 5.77. The molecule has 9 nitrogen and oxygen atoms in total. The molecule has 10 heteroatoms. The van der Waals surface area contributed by atoms with Gasteiger partial charge in [0, 0.05) is 32.2 Å². The van der Waals surface area contributed by atoms with Crippen molar-refractivity contribution in [2.75, 3.05) is 40.5 Å². The highest BCUT2D eigenvalue weighted by Crippen LogP contribution is 2.37. The Hall–Kier alpha value is -1.43. The van der Waals surface area contributed by atoms with Gasteiger partial charge in [0.05, 0.1) is 26.5 Å². The van der Waals surface area contributed by atoms with Crippen molar-refractivity contribution in [1.29, 1.82) is 0 Å². The van der Waals surface area contributed by atoms with Crippen LogP contribution in [0.25, 0.3) is 0 Å². The van der Waals surface area contributed by atoms with Crippen LogP contribution in [0.4, 0.5) is 0 Å². The number of rotatable bonds is 4. The molecule has 1 aromatic heterocycles. The first kappa shape index (κ1) is 21.9. The summed E-state index contributed by atoms with van der Waals surface area (Å²) in [6.45, 7) is 4.27. The van der Waals surface area contributed by atoms with Gasteiger partial charge in [-0.05, 0) is 25.7 Å². The fraction of sp³-hybridized carbons (Fsp3) is 0.765. The van der Waals surface area contributed by atoms with E-state index in [1.807, 2.05) is 0 Å². The molecule has 2 saturated heterocycles. The van der Waals surface area contributed by atoms with Crippen molar-refractivity contribution < 1.29 is 14.3 Å². The molecule has 152 valence electrons. The summed E-state index contributed by atoms with van der Waals surface area (Å²) < 4.78 is 11.9. The topological polar surface area (TPSA) is 93.9 Å². The normalized spacial score (nSPS) is 23.0. The van der Waals surface area contributed by atoms with Crippen molar-refractivity contribution in [3.05, 3.63) is 11.9 Å². The molecule has 0 bridgehead atoms. The molecular formula is C17H29IN6O3. The molecule has 1 unspecified atom stereocenters. The van der Waals surface area contributed by atoms with E-state index in [4.69, 9.17) is 4.74 Å². The quantitative estimate of drug-likeness (QED) is 0.291. The molecule has 3 rings (SSSR count). The van der Waals surface area contributed by atoms with Gasteiger partial charge in [-0.3, -0.25) is 9.79 Å². The Bertz CT molecular complexity index is 639. The van der Waals surface area contributed by atoms with Crippen molar-refractivity contribution in [2.45, 2.75) is 38.8 Å². The Labute approximate surface area is 176 Å². The third-order valence-corrected chi connectivity index (χ3v) is 5.11. The molecule has 0 amide bonds. The minimum absolute atomic E-state index is 0. The fourth-order valence-corrected chi connectivity index (χ4v) is 3.82. The largest absolute Gasteiger partial charge is 0.468 e. The molecule has 1 N–H and O–H groups in total. The number of hydrogen-bond donors (Lipinski definition) is 1. The molecular weight excluding hydrogens is 463 g/mol. The molecule has 0 radical (unpaired) electrons. The fourth-order valence-electron chi connectivity index (χ4n) is 3.82. The van der Waals surface area contributed by atoms with E-state index >= 15 is 0 Å². The Morgan fingerprint density at radius 2 is 2.26 bits per heavy atom. The second-order valence-electron chi connectivity index (χ2n) is 7.07. The molecule has 0 saturated carbocycles. The van der Waals surface area contributed by atoms with Gasteiger partial charge in [-0.25, -0.2) is 4.68 Å². The molecule has 1 atom stereocenters. The van der Waals surface area contributed by atoms with Gasteiger partial charge >= 0.3 is 5.97 Å². The lowest BCUT2D eigenvalue weighted by Crippen LogP contribution is -2.52. The molecule has 3 heterocycles. The van der Waals surface area contributed by atoms with Crippen LogP contribution in [0.5, 0.6) is 0 Å². The van der Waals surface area contributed by atoms with Crippen LogP contribution >= 0.6 is 24.0 Å². The number of likely N-dealkylation sites (tertiary alicyclic amines) is 1. The monoisotopic (exact) mass is 492 g/mol. The second-order valence-corrected chi connectivity index (χ2v) is 7.07. The molecule has 2 aliphatic heterocycles. The number of ether oxygens (including phenoxy) is 2. The van der Waals surface area contributed by atoms with Gasteiger partial charge in [0.25, 0.3) is 0 Å². The first-order valence-electron chi connectivity index (χ1n) is 9.13. The van der Waals surface area contributed by atoms with Crippen molar-refractivity contribution in [3.63, 3.8) is 0 Å². The van der Waals surface area contributed by atoms with Gasteiger partial charge < -0.3 is 19.7 Å². The Balaban J connectivity index is 0.00000261. The maximum absolute atomic E-state index is 11.3.